The lowest BCUT2D eigenvalue weighted by Crippen LogP contribution is -2.45. The van der Waals surface area contributed by atoms with Crippen molar-refractivity contribution in [3.63, 3.8) is 0 Å². The lowest BCUT2D eigenvalue weighted by molar-refractivity contribution is -0.132. The summed E-state index contributed by atoms with van der Waals surface area (Å²) in [7, 11) is 0. The van der Waals surface area contributed by atoms with Gasteiger partial charge in [-0.1, -0.05) is 62.0 Å². The molecule has 5 nitrogen and oxygen atoms in total. The fourth-order valence-corrected chi connectivity index (χ4v) is 5.83. The molecule has 1 saturated heterocycles. The Morgan fingerprint density at radius 1 is 1.13 bits per heavy atom. The normalized spacial score (nSPS) is 20.3. The highest BCUT2D eigenvalue weighted by Crippen LogP contribution is 2.31. The smallest absolute Gasteiger partial charge is 0.235 e. The van der Waals surface area contributed by atoms with Gasteiger partial charge in [0.25, 0.3) is 0 Å². The summed E-state index contributed by atoms with van der Waals surface area (Å²) < 4.78 is 2.14. The zero-order valence-corrected chi connectivity index (χ0v) is 19.3. The number of carbonyl (C=O) groups excluding carboxylic acids is 1. The molecule has 1 aromatic carbocycles. The molecule has 1 fully saturated rings. The van der Waals surface area contributed by atoms with Gasteiger partial charge in [0.05, 0.1) is 16.7 Å². The van der Waals surface area contributed by atoms with Crippen molar-refractivity contribution >= 4 is 29.0 Å². The van der Waals surface area contributed by atoms with Gasteiger partial charge in [-0.25, -0.2) is 0 Å². The number of nitrogens with zero attached hydrogens (tertiary/aromatic N) is 4. The van der Waals surface area contributed by atoms with Gasteiger partial charge in [-0.2, -0.15) is 0 Å². The summed E-state index contributed by atoms with van der Waals surface area (Å²) in [5.41, 5.74) is 1.19. The van der Waals surface area contributed by atoms with Gasteiger partial charge < -0.3 is 4.90 Å². The Labute approximate surface area is 186 Å². The van der Waals surface area contributed by atoms with Crippen molar-refractivity contribution in [1.29, 1.82) is 0 Å². The number of piperidine rings is 1. The Hall–Kier alpha value is -2.12. The van der Waals surface area contributed by atoms with E-state index in [1.807, 2.05) is 36.1 Å². The van der Waals surface area contributed by atoms with Crippen molar-refractivity contribution < 1.29 is 4.79 Å². The fourth-order valence-electron chi connectivity index (χ4n) is 4.18. The Morgan fingerprint density at radius 2 is 1.87 bits per heavy atom. The SMILES string of the molecule is CC1CC(C)CN(C(=O)C(C)Sc2nnc(-c3cccs3)n2Cc2ccccc2)C1. The van der Waals surface area contributed by atoms with Gasteiger partial charge >= 0.3 is 0 Å². The molecule has 158 valence electrons. The third-order valence-electron chi connectivity index (χ3n) is 5.45. The molecule has 1 amide bonds. The molecule has 7 heteroatoms. The van der Waals surface area contributed by atoms with Gasteiger partial charge in [0.2, 0.25) is 5.91 Å². The zero-order chi connectivity index (χ0) is 21.1. The van der Waals surface area contributed by atoms with Crippen LogP contribution in [0, 0.1) is 11.8 Å². The van der Waals surface area contributed by atoms with Crippen LogP contribution in [-0.2, 0) is 11.3 Å². The third kappa shape index (κ3) is 4.78. The van der Waals surface area contributed by atoms with E-state index in [0.29, 0.717) is 18.4 Å². The first kappa shape index (κ1) is 21.1. The molecule has 0 bridgehead atoms. The predicted molar refractivity (Wildman–Crippen MR) is 124 cm³/mol. The second kappa shape index (κ2) is 9.35. The van der Waals surface area contributed by atoms with E-state index in [2.05, 4.69) is 52.2 Å². The van der Waals surface area contributed by atoms with Crippen LogP contribution in [0.1, 0.15) is 32.8 Å². The highest BCUT2D eigenvalue weighted by Gasteiger charge is 2.30. The second-order valence-corrected chi connectivity index (χ2v) is 10.6. The van der Waals surface area contributed by atoms with Crippen LogP contribution in [0.15, 0.2) is 53.0 Å². The first-order valence-electron chi connectivity index (χ1n) is 10.5. The number of rotatable bonds is 6. The number of benzene rings is 1. The van der Waals surface area contributed by atoms with E-state index in [-0.39, 0.29) is 11.2 Å². The van der Waals surface area contributed by atoms with Crippen molar-refractivity contribution in [2.75, 3.05) is 13.1 Å². The summed E-state index contributed by atoms with van der Waals surface area (Å²) in [6.07, 6.45) is 1.20. The summed E-state index contributed by atoms with van der Waals surface area (Å²) in [6, 6.07) is 14.4. The largest absolute Gasteiger partial charge is 0.341 e. The maximum Gasteiger partial charge on any atom is 0.235 e. The first-order chi connectivity index (χ1) is 14.5. The molecule has 30 heavy (non-hydrogen) atoms. The summed E-state index contributed by atoms with van der Waals surface area (Å²) in [5, 5.41) is 11.6. The van der Waals surface area contributed by atoms with E-state index in [0.717, 1.165) is 28.9 Å². The number of aromatic nitrogens is 3. The van der Waals surface area contributed by atoms with Crippen molar-refractivity contribution in [2.24, 2.45) is 11.8 Å². The molecule has 0 spiro atoms. The Kier molecular flexibility index (Phi) is 6.58. The molecule has 3 unspecified atom stereocenters. The predicted octanol–water partition coefficient (Wildman–Crippen LogP) is 5.04. The van der Waals surface area contributed by atoms with Crippen molar-refractivity contribution in [2.45, 2.75) is 44.1 Å². The minimum absolute atomic E-state index is 0.197. The summed E-state index contributed by atoms with van der Waals surface area (Å²) >= 11 is 3.17. The maximum atomic E-state index is 13.1. The molecule has 0 saturated carbocycles. The minimum atomic E-state index is -0.197. The molecule has 1 aliphatic rings. The molecule has 0 aliphatic carbocycles. The van der Waals surface area contributed by atoms with Crippen LogP contribution in [0.2, 0.25) is 0 Å². The summed E-state index contributed by atoms with van der Waals surface area (Å²) in [6.45, 7) is 8.84. The van der Waals surface area contributed by atoms with Crippen LogP contribution in [0.4, 0.5) is 0 Å². The van der Waals surface area contributed by atoms with Crippen molar-refractivity contribution in [3.05, 3.63) is 53.4 Å². The van der Waals surface area contributed by atoms with Crippen LogP contribution in [0.3, 0.4) is 0 Å². The molecular weight excluding hydrogens is 412 g/mol. The van der Waals surface area contributed by atoms with Crippen molar-refractivity contribution in [1.82, 2.24) is 19.7 Å². The van der Waals surface area contributed by atoms with Gasteiger partial charge in [-0.15, -0.1) is 21.5 Å². The average molecular weight is 441 g/mol. The third-order valence-corrected chi connectivity index (χ3v) is 7.39. The summed E-state index contributed by atoms with van der Waals surface area (Å²) in [4.78, 5) is 16.3. The number of thiophene rings is 1. The van der Waals surface area contributed by atoms with Gasteiger partial charge in [-0.05, 0) is 42.2 Å². The molecule has 3 aromatic rings. The van der Waals surface area contributed by atoms with Crippen LogP contribution in [0.5, 0.6) is 0 Å². The molecule has 4 rings (SSSR count). The van der Waals surface area contributed by atoms with Crippen LogP contribution >= 0.6 is 23.1 Å². The van der Waals surface area contributed by atoms with Gasteiger partial charge in [0.1, 0.15) is 0 Å². The molecule has 3 heterocycles. The number of likely N-dealkylation sites (tertiary alicyclic amines) is 1. The highest BCUT2D eigenvalue weighted by atomic mass is 32.2. The number of hydrogen-bond acceptors (Lipinski definition) is 5. The summed E-state index contributed by atoms with van der Waals surface area (Å²) in [5.74, 6) is 2.17. The fraction of sp³-hybridized carbons (Fsp3) is 0.435. The molecule has 2 aromatic heterocycles. The quantitative estimate of drug-likeness (QED) is 0.504. The number of carbonyl (C=O) groups is 1. The lowest BCUT2D eigenvalue weighted by atomic mass is 9.92. The van der Waals surface area contributed by atoms with E-state index < -0.39 is 0 Å². The molecule has 0 radical (unpaired) electrons. The minimum Gasteiger partial charge on any atom is -0.341 e. The molecule has 0 N–H and O–H groups in total. The van der Waals surface area contributed by atoms with E-state index in [9.17, 15) is 4.79 Å². The van der Waals surface area contributed by atoms with Crippen LogP contribution in [-0.4, -0.2) is 43.9 Å². The number of hydrogen-bond donors (Lipinski definition) is 0. The van der Waals surface area contributed by atoms with Crippen LogP contribution in [0.25, 0.3) is 10.7 Å². The molecular formula is C23H28N4OS2. The van der Waals surface area contributed by atoms with Gasteiger partial charge in [-0.3, -0.25) is 9.36 Å². The van der Waals surface area contributed by atoms with E-state index in [1.54, 1.807) is 11.3 Å². The topological polar surface area (TPSA) is 51.0 Å². The number of thioether (sulfide) groups is 1. The maximum absolute atomic E-state index is 13.1. The van der Waals surface area contributed by atoms with Gasteiger partial charge in [0, 0.05) is 13.1 Å². The van der Waals surface area contributed by atoms with E-state index >= 15 is 0 Å². The first-order valence-corrected chi connectivity index (χ1v) is 12.2. The molecule has 1 aliphatic heterocycles. The second-order valence-electron chi connectivity index (χ2n) is 8.30. The monoisotopic (exact) mass is 440 g/mol. The number of amides is 1. The Balaban J connectivity index is 1.56. The van der Waals surface area contributed by atoms with E-state index in [4.69, 9.17) is 0 Å². The Morgan fingerprint density at radius 3 is 2.53 bits per heavy atom. The Bertz CT molecular complexity index is 961. The van der Waals surface area contributed by atoms with Crippen molar-refractivity contribution in [3.8, 4) is 10.7 Å². The van der Waals surface area contributed by atoms with Crippen LogP contribution < -0.4 is 0 Å². The molecule has 3 atom stereocenters. The average Bonchev–Trinajstić information content (AvgIpc) is 3.38. The van der Waals surface area contributed by atoms with Gasteiger partial charge in [0.15, 0.2) is 11.0 Å². The lowest BCUT2D eigenvalue weighted by Gasteiger charge is -2.36. The van der Waals surface area contributed by atoms with E-state index in [1.165, 1.54) is 23.7 Å². The highest BCUT2D eigenvalue weighted by molar-refractivity contribution is 8.00. The standard InChI is InChI=1S/C23H28N4OS2/c1-16-12-17(2)14-26(13-16)22(28)18(3)30-23-25-24-21(20-10-7-11-29-20)27(23)15-19-8-5-4-6-9-19/h4-11,16-18H,12-15H2,1-3H3. The zero-order valence-electron chi connectivity index (χ0n) is 17.7.